The summed E-state index contributed by atoms with van der Waals surface area (Å²) < 4.78 is 19.2. The van der Waals surface area contributed by atoms with Crippen molar-refractivity contribution >= 4 is 17.3 Å². The van der Waals surface area contributed by atoms with Crippen molar-refractivity contribution in [3.05, 3.63) is 23.5 Å². The molecular weight excluding hydrogens is 263 g/mol. The lowest BCUT2D eigenvalue weighted by Crippen LogP contribution is -2.23. The number of hydrogen-bond donors (Lipinski definition) is 3. The molecule has 1 aliphatic heterocycles. The summed E-state index contributed by atoms with van der Waals surface area (Å²) in [6.45, 7) is 3.44. The van der Waals surface area contributed by atoms with E-state index in [1.165, 1.54) is 0 Å². The van der Waals surface area contributed by atoms with Crippen LogP contribution in [0.2, 0.25) is 0 Å². The third-order valence-electron chi connectivity index (χ3n) is 3.67. The zero-order chi connectivity index (χ0) is 14.7. The van der Waals surface area contributed by atoms with E-state index in [1.54, 1.807) is 0 Å². The lowest BCUT2D eigenvalue weighted by Gasteiger charge is -2.19. The van der Waals surface area contributed by atoms with Gasteiger partial charge in [0, 0.05) is 19.1 Å². The molecule has 0 aliphatic carbocycles. The molecule has 5 nitrogen and oxygen atoms in total. The summed E-state index contributed by atoms with van der Waals surface area (Å²) >= 11 is 0. The molecule has 20 heavy (non-hydrogen) atoms. The van der Waals surface area contributed by atoms with E-state index in [0.29, 0.717) is 18.2 Å². The fourth-order valence-electron chi connectivity index (χ4n) is 2.53. The molecule has 4 N–H and O–H groups in total. The van der Waals surface area contributed by atoms with Crippen molar-refractivity contribution in [2.45, 2.75) is 25.9 Å². The molecule has 2 atom stereocenters. The van der Waals surface area contributed by atoms with E-state index < -0.39 is 17.3 Å². The average Bonchev–Trinajstić information content (AvgIpc) is 2.86. The number of hydrogen-bond acceptors (Lipinski definition) is 4. The predicted molar refractivity (Wildman–Crippen MR) is 74.4 cm³/mol. The first-order valence-corrected chi connectivity index (χ1v) is 6.70. The third kappa shape index (κ3) is 3.01. The van der Waals surface area contributed by atoms with Gasteiger partial charge in [0.25, 0.3) is 0 Å². The van der Waals surface area contributed by atoms with Gasteiger partial charge in [-0.1, -0.05) is 6.92 Å². The molecule has 2 rings (SSSR count). The molecule has 6 heteroatoms. The Labute approximate surface area is 116 Å². The molecule has 2 unspecified atom stereocenters. The topological polar surface area (TPSA) is 84.6 Å². The number of ether oxygens (including phenoxy) is 1. The number of carboxylic acids is 1. The molecule has 1 fully saturated rings. The highest BCUT2D eigenvalue weighted by Gasteiger charge is 2.26. The van der Waals surface area contributed by atoms with E-state index in [-0.39, 0.29) is 11.8 Å². The second kappa shape index (κ2) is 6.09. The number of anilines is 2. The van der Waals surface area contributed by atoms with Crippen molar-refractivity contribution in [2.75, 3.05) is 24.2 Å². The van der Waals surface area contributed by atoms with Crippen LogP contribution in [0.3, 0.4) is 0 Å². The summed E-state index contributed by atoms with van der Waals surface area (Å²) in [6.07, 6.45) is 2.11. The Balaban J connectivity index is 2.06. The molecule has 0 spiro atoms. The lowest BCUT2D eigenvalue weighted by molar-refractivity contribution is 0.0692. The van der Waals surface area contributed by atoms with Crippen molar-refractivity contribution in [2.24, 2.45) is 5.92 Å². The molecule has 1 aromatic carbocycles. The van der Waals surface area contributed by atoms with Crippen LogP contribution in [0.4, 0.5) is 15.8 Å². The monoisotopic (exact) mass is 282 g/mol. The van der Waals surface area contributed by atoms with E-state index in [9.17, 15) is 9.18 Å². The molecule has 0 saturated carbocycles. The highest BCUT2D eigenvalue weighted by molar-refractivity contribution is 5.90. The largest absolute Gasteiger partial charge is 0.478 e. The van der Waals surface area contributed by atoms with Crippen LogP contribution in [0.1, 0.15) is 30.1 Å². The maximum atomic E-state index is 13.6. The highest BCUT2D eigenvalue weighted by atomic mass is 19.1. The van der Waals surface area contributed by atoms with Crippen molar-refractivity contribution in [3.63, 3.8) is 0 Å². The Morgan fingerprint density at radius 3 is 3.00 bits per heavy atom. The minimum atomic E-state index is -1.32. The number of nitrogens with one attached hydrogen (secondary N) is 1. The number of rotatable bonds is 5. The van der Waals surface area contributed by atoms with Gasteiger partial charge in [-0.05, 0) is 25.0 Å². The van der Waals surface area contributed by atoms with Crippen molar-refractivity contribution in [1.29, 1.82) is 0 Å². The minimum Gasteiger partial charge on any atom is -0.478 e. The molecule has 110 valence electrons. The van der Waals surface area contributed by atoms with Crippen molar-refractivity contribution in [3.8, 4) is 0 Å². The Bertz CT molecular complexity index is 507. The van der Waals surface area contributed by atoms with Gasteiger partial charge >= 0.3 is 5.97 Å². The van der Waals surface area contributed by atoms with Crippen LogP contribution in [0.15, 0.2) is 12.1 Å². The van der Waals surface area contributed by atoms with Gasteiger partial charge in [-0.2, -0.15) is 0 Å². The minimum absolute atomic E-state index is 0.215. The summed E-state index contributed by atoms with van der Waals surface area (Å²) in [4.78, 5) is 10.8. The summed E-state index contributed by atoms with van der Waals surface area (Å²) in [5.74, 6) is -1.75. The number of nitrogens with two attached hydrogens (primary N) is 1. The van der Waals surface area contributed by atoms with Gasteiger partial charge in [0.15, 0.2) is 0 Å². The molecule has 1 heterocycles. The first-order valence-electron chi connectivity index (χ1n) is 6.70. The molecular formula is C14H19FN2O3. The summed E-state index contributed by atoms with van der Waals surface area (Å²) in [6, 6.07) is 2.28. The Hall–Kier alpha value is -1.82. The SMILES string of the molecule is CCC1OCCC1CNc1cc(F)c(C(=O)O)cc1N. The van der Waals surface area contributed by atoms with Crippen LogP contribution in [-0.4, -0.2) is 30.3 Å². The van der Waals surface area contributed by atoms with Crippen LogP contribution >= 0.6 is 0 Å². The van der Waals surface area contributed by atoms with Crippen molar-refractivity contribution < 1.29 is 19.0 Å². The second-order valence-corrected chi connectivity index (χ2v) is 4.97. The summed E-state index contributed by atoms with van der Waals surface area (Å²) in [5, 5.41) is 11.9. The molecule has 1 aliphatic rings. The quantitative estimate of drug-likeness (QED) is 0.722. The second-order valence-electron chi connectivity index (χ2n) is 4.97. The predicted octanol–water partition coefficient (Wildman–Crippen LogP) is 2.33. The Morgan fingerprint density at radius 1 is 1.60 bits per heavy atom. The first kappa shape index (κ1) is 14.6. The maximum Gasteiger partial charge on any atom is 0.338 e. The molecule has 1 saturated heterocycles. The van der Waals surface area contributed by atoms with Crippen LogP contribution in [0.25, 0.3) is 0 Å². The Morgan fingerprint density at radius 2 is 2.35 bits per heavy atom. The van der Waals surface area contributed by atoms with Crippen LogP contribution < -0.4 is 11.1 Å². The van der Waals surface area contributed by atoms with Gasteiger partial charge in [-0.25, -0.2) is 9.18 Å². The fourth-order valence-corrected chi connectivity index (χ4v) is 2.53. The fraction of sp³-hybridized carbons (Fsp3) is 0.500. The Kier molecular flexibility index (Phi) is 4.44. The molecule has 0 aromatic heterocycles. The number of aromatic carboxylic acids is 1. The van der Waals surface area contributed by atoms with Crippen LogP contribution in [0.5, 0.6) is 0 Å². The van der Waals surface area contributed by atoms with E-state index >= 15 is 0 Å². The van der Waals surface area contributed by atoms with E-state index in [0.717, 1.165) is 31.6 Å². The first-order chi connectivity index (χ1) is 9.52. The number of carboxylic acid groups (broad SMARTS) is 1. The van der Waals surface area contributed by atoms with Gasteiger partial charge < -0.3 is 20.9 Å². The van der Waals surface area contributed by atoms with Crippen LogP contribution in [0, 0.1) is 11.7 Å². The van der Waals surface area contributed by atoms with Gasteiger partial charge in [0.2, 0.25) is 0 Å². The van der Waals surface area contributed by atoms with E-state index in [1.807, 2.05) is 0 Å². The lowest BCUT2D eigenvalue weighted by atomic mass is 9.99. The average molecular weight is 282 g/mol. The maximum absolute atomic E-state index is 13.6. The van der Waals surface area contributed by atoms with E-state index in [4.69, 9.17) is 15.6 Å². The van der Waals surface area contributed by atoms with Gasteiger partial charge in [-0.15, -0.1) is 0 Å². The molecule has 0 radical (unpaired) electrons. The molecule has 0 bridgehead atoms. The van der Waals surface area contributed by atoms with Gasteiger partial charge in [-0.3, -0.25) is 0 Å². The van der Waals surface area contributed by atoms with Gasteiger partial charge in [0.1, 0.15) is 5.82 Å². The highest BCUT2D eigenvalue weighted by Crippen LogP contribution is 2.27. The summed E-state index contributed by atoms with van der Waals surface area (Å²) in [5.41, 5.74) is 6.00. The normalized spacial score (nSPS) is 21.9. The zero-order valence-electron chi connectivity index (χ0n) is 11.4. The standard InChI is InChI=1S/C14H19FN2O3/c1-2-13-8(3-4-20-13)7-17-12-6-10(15)9(14(18)19)5-11(12)16/h5-6,8,13,17H,2-4,7,16H2,1H3,(H,18,19). The molecule has 1 aromatic rings. The number of carbonyl (C=O) groups is 1. The van der Waals surface area contributed by atoms with E-state index in [2.05, 4.69) is 12.2 Å². The smallest absolute Gasteiger partial charge is 0.338 e. The third-order valence-corrected chi connectivity index (χ3v) is 3.67. The number of benzene rings is 1. The zero-order valence-corrected chi connectivity index (χ0v) is 11.4. The number of nitrogen functional groups attached to an aromatic ring is 1. The van der Waals surface area contributed by atoms with Gasteiger partial charge in [0.05, 0.1) is 23.0 Å². The summed E-state index contributed by atoms with van der Waals surface area (Å²) in [7, 11) is 0. The number of halogens is 1. The van der Waals surface area contributed by atoms with Crippen LogP contribution in [-0.2, 0) is 4.74 Å². The molecule has 0 amide bonds. The van der Waals surface area contributed by atoms with Crippen molar-refractivity contribution in [1.82, 2.24) is 0 Å².